The van der Waals surface area contributed by atoms with Crippen molar-refractivity contribution in [1.82, 2.24) is 10.9 Å². The van der Waals surface area contributed by atoms with Gasteiger partial charge in [-0.2, -0.15) is 13.2 Å². The van der Waals surface area contributed by atoms with Gasteiger partial charge in [0, 0.05) is 11.1 Å². The lowest BCUT2D eigenvalue weighted by Crippen LogP contribution is -2.41. The summed E-state index contributed by atoms with van der Waals surface area (Å²) in [6.07, 6.45) is -4.54. The molecule has 23 heavy (non-hydrogen) atoms. The first kappa shape index (κ1) is 16.5. The summed E-state index contributed by atoms with van der Waals surface area (Å²) in [7, 11) is 0. The topological polar surface area (TPSA) is 58.2 Å². The zero-order valence-electron chi connectivity index (χ0n) is 12.1. The fourth-order valence-corrected chi connectivity index (χ4v) is 1.92. The summed E-state index contributed by atoms with van der Waals surface area (Å²) in [4.78, 5) is 23.8. The zero-order chi connectivity index (χ0) is 17.0. The van der Waals surface area contributed by atoms with E-state index in [2.05, 4.69) is 10.9 Å². The first-order valence-corrected chi connectivity index (χ1v) is 6.62. The van der Waals surface area contributed by atoms with Crippen LogP contribution in [0.15, 0.2) is 48.5 Å². The van der Waals surface area contributed by atoms with Gasteiger partial charge in [-0.05, 0) is 36.8 Å². The largest absolute Gasteiger partial charge is 0.416 e. The molecule has 7 heteroatoms. The Labute approximate surface area is 130 Å². The Hall–Kier alpha value is -2.83. The Morgan fingerprint density at radius 3 is 2.22 bits per heavy atom. The molecular formula is C16H13F3N2O2. The summed E-state index contributed by atoms with van der Waals surface area (Å²) in [5, 5.41) is 0. The van der Waals surface area contributed by atoms with Crippen molar-refractivity contribution in [3.63, 3.8) is 0 Å². The molecule has 2 aromatic rings. The van der Waals surface area contributed by atoms with E-state index in [0.29, 0.717) is 11.1 Å². The molecule has 2 rings (SSSR count). The molecule has 2 aromatic carbocycles. The minimum absolute atomic E-state index is 0.204. The average Bonchev–Trinajstić information content (AvgIpc) is 2.52. The van der Waals surface area contributed by atoms with E-state index in [4.69, 9.17) is 0 Å². The van der Waals surface area contributed by atoms with Crippen LogP contribution >= 0.6 is 0 Å². The van der Waals surface area contributed by atoms with Crippen molar-refractivity contribution in [2.45, 2.75) is 13.1 Å². The predicted octanol–water partition coefficient (Wildman–Crippen LogP) is 3.09. The standard InChI is InChI=1S/C16H13F3N2O2/c1-10-5-2-3-8-13(10)15(23)21-20-14(22)11-6-4-7-12(9-11)16(17,18)19/h2-9H,1H3,(H,20,22)(H,21,23). The Bertz CT molecular complexity index is 742. The van der Waals surface area contributed by atoms with Crippen LogP contribution < -0.4 is 10.9 Å². The number of hydrogen-bond acceptors (Lipinski definition) is 2. The fraction of sp³-hybridized carbons (Fsp3) is 0.125. The van der Waals surface area contributed by atoms with Gasteiger partial charge < -0.3 is 0 Å². The van der Waals surface area contributed by atoms with Gasteiger partial charge in [-0.1, -0.05) is 24.3 Å². The van der Waals surface area contributed by atoms with Gasteiger partial charge in [0.05, 0.1) is 5.56 Å². The van der Waals surface area contributed by atoms with Gasteiger partial charge in [0.2, 0.25) is 0 Å². The molecule has 0 aliphatic heterocycles. The molecule has 2 N–H and O–H groups in total. The van der Waals surface area contributed by atoms with Crippen molar-refractivity contribution in [3.05, 3.63) is 70.8 Å². The molecule has 0 bridgehead atoms. The van der Waals surface area contributed by atoms with E-state index in [1.807, 2.05) is 0 Å². The number of alkyl halides is 3. The summed E-state index contributed by atoms with van der Waals surface area (Å²) in [6.45, 7) is 1.73. The molecule has 0 unspecified atom stereocenters. The summed E-state index contributed by atoms with van der Waals surface area (Å²) in [5.41, 5.74) is 4.20. The van der Waals surface area contributed by atoms with Crippen molar-refractivity contribution in [3.8, 4) is 0 Å². The highest BCUT2D eigenvalue weighted by atomic mass is 19.4. The first-order valence-electron chi connectivity index (χ1n) is 6.62. The summed E-state index contributed by atoms with van der Waals surface area (Å²) in [5.74, 6) is -1.39. The lowest BCUT2D eigenvalue weighted by atomic mass is 10.1. The molecule has 0 spiro atoms. The molecule has 0 heterocycles. The van der Waals surface area contributed by atoms with Crippen LogP contribution in [0.25, 0.3) is 0 Å². The number of hydrogen-bond donors (Lipinski definition) is 2. The van der Waals surface area contributed by atoms with E-state index in [-0.39, 0.29) is 5.56 Å². The van der Waals surface area contributed by atoms with Crippen molar-refractivity contribution in [2.75, 3.05) is 0 Å². The lowest BCUT2D eigenvalue weighted by Gasteiger charge is -2.11. The molecule has 120 valence electrons. The van der Waals surface area contributed by atoms with Crippen molar-refractivity contribution in [1.29, 1.82) is 0 Å². The highest BCUT2D eigenvalue weighted by Gasteiger charge is 2.30. The smallest absolute Gasteiger partial charge is 0.267 e. The quantitative estimate of drug-likeness (QED) is 0.835. The van der Waals surface area contributed by atoms with E-state index in [1.54, 1.807) is 31.2 Å². The van der Waals surface area contributed by atoms with Crippen LogP contribution in [0.3, 0.4) is 0 Å². The minimum Gasteiger partial charge on any atom is -0.267 e. The maximum absolute atomic E-state index is 12.6. The van der Waals surface area contributed by atoms with Crippen LogP contribution in [0.4, 0.5) is 13.2 Å². The van der Waals surface area contributed by atoms with E-state index in [0.717, 1.165) is 18.2 Å². The molecule has 0 aromatic heterocycles. The summed E-state index contributed by atoms with van der Waals surface area (Å²) < 4.78 is 37.8. The van der Waals surface area contributed by atoms with Crippen LogP contribution in [0.5, 0.6) is 0 Å². The molecule has 0 aliphatic carbocycles. The molecule has 2 amide bonds. The second-order valence-electron chi connectivity index (χ2n) is 4.80. The molecule has 0 radical (unpaired) electrons. The van der Waals surface area contributed by atoms with Gasteiger partial charge in [0.15, 0.2) is 0 Å². The summed E-state index contributed by atoms with van der Waals surface area (Å²) >= 11 is 0. The zero-order valence-corrected chi connectivity index (χ0v) is 12.1. The molecule has 0 aliphatic rings. The normalized spacial score (nSPS) is 11.0. The second kappa shape index (κ2) is 6.51. The SMILES string of the molecule is Cc1ccccc1C(=O)NNC(=O)c1cccc(C(F)(F)F)c1. The molecular weight excluding hydrogens is 309 g/mol. The summed E-state index contributed by atoms with van der Waals surface area (Å²) in [6, 6.07) is 10.7. The van der Waals surface area contributed by atoms with E-state index >= 15 is 0 Å². The average molecular weight is 322 g/mol. The van der Waals surface area contributed by atoms with E-state index in [1.165, 1.54) is 6.07 Å². The van der Waals surface area contributed by atoms with Gasteiger partial charge >= 0.3 is 6.18 Å². The number of halogens is 3. The number of nitrogens with one attached hydrogen (secondary N) is 2. The monoisotopic (exact) mass is 322 g/mol. The van der Waals surface area contributed by atoms with Gasteiger partial charge in [-0.15, -0.1) is 0 Å². The van der Waals surface area contributed by atoms with E-state index in [9.17, 15) is 22.8 Å². The van der Waals surface area contributed by atoms with Crippen LogP contribution in [0, 0.1) is 6.92 Å². The number of carbonyl (C=O) groups excluding carboxylic acids is 2. The molecule has 0 atom stereocenters. The Kier molecular flexibility index (Phi) is 4.68. The Morgan fingerprint density at radius 2 is 1.57 bits per heavy atom. The third-order valence-corrected chi connectivity index (χ3v) is 3.13. The van der Waals surface area contributed by atoms with Gasteiger partial charge in [-0.25, -0.2) is 0 Å². The molecule has 0 saturated heterocycles. The van der Waals surface area contributed by atoms with Crippen molar-refractivity contribution in [2.24, 2.45) is 0 Å². The Morgan fingerprint density at radius 1 is 0.913 bits per heavy atom. The third kappa shape index (κ3) is 4.09. The molecule has 0 saturated carbocycles. The first-order chi connectivity index (χ1) is 10.8. The van der Waals surface area contributed by atoms with Gasteiger partial charge in [0.1, 0.15) is 0 Å². The van der Waals surface area contributed by atoms with Crippen molar-refractivity contribution >= 4 is 11.8 Å². The number of rotatable bonds is 2. The number of aryl methyl sites for hydroxylation is 1. The maximum Gasteiger partial charge on any atom is 0.416 e. The minimum atomic E-state index is -4.54. The lowest BCUT2D eigenvalue weighted by molar-refractivity contribution is -0.137. The van der Waals surface area contributed by atoms with Crippen LogP contribution in [-0.2, 0) is 6.18 Å². The predicted molar refractivity (Wildman–Crippen MR) is 77.6 cm³/mol. The van der Waals surface area contributed by atoms with Crippen LogP contribution in [-0.4, -0.2) is 11.8 Å². The number of carbonyl (C=O) groups is 2. The Balaban J connectivity index is 2.06. The van der Waals surface area contributed by atoms with Gasteiger partial charge in [-0.3, -0.25) is 20.4 Å². The molecule has 4 nitrogen and oxygen atoms in total. The highest BCUT2D eigenvalue weighted by molar-refractivity contribution is 5.99. The number of hydrazine groups is 1. The van der Waals surface area contributed by atoms with Crippen LogP contribution in [0.2, 0.25) is 0 Å². The highest BCUT2D eigenvalue weighted by Crippen LogP contribution is 2.29. The van der Waals surface area contributed by atoms with Crippen molar-refractivity contribution < 1.29 is 22.8 Å². The fourth-order valence-electron chi connectivity index (χ4n) is 1.92. The number of benzene rings is 2. The second-order valence-corrected chi connectivity index (χ2v) is 4.80. The van der Waals surface area contributed by atoms with E-state index < -0.39 is 23.6 Å². The van der Waals surface area contributed by atoms with Gasteiger partial charge in [0.25, 0.3) is 11.8 Å². The number of amides is 2. The molecule has 0 fully saturated rings. The third-order valence-electron chi connectivity index (χ3n) is 3.13. The van der Waals surface area contributed by atoms with Crippen LogP contribution in [0.1, 0.15) is 31.8 Å². The maximum atomic E-state index is 12.6.